The van der Waals surface area contributed by atoms with Gasteiger partial charge in [0.25, 0.3) is 0 Å². The van der Waals surface area contributed by atoms with E-state index in [2.05, 4.69) is 5.32 Å². The summed E-state index contributed by atoms with van der Waals surface area (Å²) >= 11 is 0. The summed E-state index contributed by atoms with van der Waals surface area (Å²) in [4.78, 5) is 25.7. The van der Waals surface area contributed by atoms with Crippen molar-refractivity contribution in [1.82, 2.24) is 5.32 Å². The van der Waals surface area contributed by atoms with Gasteiger partial charge in [0.2, 0.25) is 11.8 Å². The van der Waals surface area contributed by atoms with Gasteiger partial charge < -0.3 is 10.4 Å². The lowest BCUT2D eigenvalue weighted by atomic mass is 10.1. The third-order valence-corrected chi connectivity index (χ3v) is 3.24. The van der Waals surface area contributed by atoms with Crippen LogP contribution in [0.1, 0.15) is 26.7 Å². The van der Waals surface area contributed by atoms with Crippen LogP contribution in [0.5, 0.6) is 0 Å². The molecular formula is C15H20N2O3. The number of nitrogens with zero attached hydrogens (tertiary/aromatic N) is 1. The molecule has 0 saturated carbocycles. The molecule has 108 valence electrons. The van der Waals surface area contributed by atoms with Gasteiger partial charge in [-0.3, -0.25) is 14.5 Å². The van der Waals surface area contributed by atoms with Crippen LogP contribution in [0, 0.1) is 0 Å². The Morgan fingerprint density at radius 3 is 2.65 bits per heavy atom. The lowest BCUT2D eigenvalue weighted by Crippen LogP contribution is -2.48. The summed E-state index contributed by atoms with van der Waals surface area (Å²) in [6, 6.07) is 8.69. The maximum Gasteiger partial charge on any atom is 0.243 e. The molecule has 0 spiro atoms. The van der Waals surface area contributed by atoms with E-state index in [0.29, 0.717) is 12.8 Å². The molecule has 1 aromatic carbocycles. The number of carbonyl (C=O) groups is 2. The zero-order valence-corrected chi connectivity index (χ0v) is 11.8. The molecule has 5 nitrogen and oxygen atoms in total. The van der Waals surface area contributed by atoms with E-state index in [0.717, 1.165) is 5.69 Å². The molecule has 5 heteroatoms. The molecule has 0 radical (unpaired) electrons. The minimum absolute atomic E-state index is 0.0420. The van der Waals surface area contributed by atoms with Crippen molar-refractivity contribution >= 4 is 17.5 Å². The Bertz CT molecular complexity index is 494. The SMILES string of the molecule is CC(C)(O)CNC(=O)C1CCC(=O)N1c1ccccc1. The molecule has 2 N–H and O–H groups in total. The largest absolute Gasteiger partial charge is 0.389 e. The number of rotatable bonds is 4. The summed E-state index contributed by atoms with van der Waals surface area (Å²) in [7, 11) is 0. The van der Waals surface area contributed by atoms with Crippen molar-refractivity contribution < 1.29 is 14.7 Å². The predicted molar refractivity (Wildman–Crippen MR) is 76.3 cm³/mol. The molecule has 2 amide bonds. The zero-order valence-electron chi connectivity index (χ0n) is 11.8. The quantitative estimate of drug-likeness (QED) is 0.864. The van der Waals surface area contributed by atoms with Crippen LogP contribution in [-0.2, 0) is 9.59 Å². The second-order valence-electron chi connectivity index (χ2n) is 5.68. The first-order valence-electron chi connectivity index (χ1n) is 6.76. The Labute approximate surface area is 118 Å². The van der Waals surface area contributed by atoms with Gasteiger partial charge in [0.1, 0.15) is 6.04 Å². The molecule has 1 unspecified atom stereocenters. The van der Waals surface area contributed by atoms with Crippen LogP contribution in [0.3, 0.4) is 0 Å². The summed E-state index contributed by atoms with van der Waals surface area (Å²) in [5, 5.41) is 12.4. The van der Waals surface area contributed by atoms with E-state index in [4.69, 9.17) is 0 Å². The molecule has 1 saturated heterocycles. The number of hydrogen-bond donors (Lipinski definition) is 2. The van der Waals surface area contributed by atoms with Gasteiger partial charge in [0.15, 0.2) is 0 Å². The summed E-state index contributed by atoms with van der Waals surface area (Å²) in [5.41, 5.74) is -0.228. The van der Waals surface area contributed by atoms with Crippen LogP contribution >= 0.6 is 0 Å². The fraction of sp³-hybridized carbons (Fsp3) is 0.467. The topological polar surface area (TPSA) is 69.6 Å². The lowest BCUT2D eigenvalue weighted by molar-refractivity contribution is -0.124. The van der Waals surface area contributed by atoms with E-state index in [1.54, 1.807) is 18.7 Å². The Morgan fingerprint density at radius 2 is 2.05 bits per heavy atom. The van der Waals surface area contributed by atoms with E-state index in [1.165, 1.54) is 0 Å². The van der Waals surface area contributed by atoms with Crippen LogP contribution in [0.2, 0.25) is 0 Å². The highest BCUT2D eigenvalue weighted by molar-refractivity contribution is 6.03. The first kappa shape index (κ1) is 14.5. The second-order valence-corrected chi connectivity index (χ2v) is 5.68. The van der Waals surface area contributed by atoms with Crippen molar-refractivity contribution in [2.24, 2.45) is 0 Å². The van der Waals surface area contributed by atoms with Gasteiger partial charge in [0.05, 0.1) is 5.60 Å². The fourth-order valence-electron chi connectivity index (χ4n) is 2.27. The number of hydrogen-bond acceptors (Lipinski definition) is 3. The molecule has 0 bridgehead atoms. The van der Waals surface area contributed by atoms with E-state index >= 15 is 0 Å². The van der Waals surface area contributed by atoms with Crippen LogP contribution in [0.25, 0.3) is 0 Å². The summed E-state index contributed by atoms with van der Waals surface area (Å²) in [6.07, 6.45) is 0.876. The molecule has 1 atom stereocenters. The van der Waals surface area contributed by atoms with Gasteiger partial charge in [-0.1, -0.05) is 18.2 Å². The lowest BCUT2D eigenvalue weighted by Gasteiger charge is -2.25. The average Bonchev–Trinajstić information content (AvgIpc) is 2.78. The number of benzene rings is 1. The highest BCUT2D eigenvalue weighted by Gasteiger charge is 2.37. The summed E-state index contributed by atoms with van der Waals surface area (Å²) < 4.78 is 0. The highest BCUT2D eigenvalue weighted by atomic mass is 16.3. The normalized spacial score (nSPS) is 19.2. The number of aliphatic hydroxyl groups is 1. The monoisotopic (exact) mass is 276 g/mol. The van der Waals surface area contributed by atoms with E-state index in [9.17, 15) is 14.7 Å². The molecule has 1 aliphatic heterocycles. The van der Waals surface area contributed by atoms with E-state index < -0.39 is 11.6 Å². The van der Waals surface area contributed by atoms with Crippen LogP contribution in [-0.4, -0.2) is 35.1 Å². The molecular weight excluding hydrogens is 256 g/mol. The Morgan fingerprint density at radius 1 is 1.40 bits per heavy atom. The summed E-state index contributed by atoms with van der Waals surface area (Å²) in [6.45, 7) is 3.42. The predicted octanol–water partition coefficient (Wildman–Crippen LogP) is 1.07. The number of nitrogens with one attached hydrogen (secondary N) is 1. The van der Waals surface area contributed by atoms with Crippen molar-refractivity contribution in [2.75, 3.05) is 11.4 Å². The molecule has 0 aliphatic carbocycles. The molecule has 20 heavy (non-hydrogen) atoms. The van der Waals surface area contributed by atoms with Crippen molar-refractivity contribution in [3.63, 3.8) is 0 Å². The van der Waals surface area contributed by atoms with E-state index in [1.807, 2.05) is 30.3 Å². The maximum absolute atomic E-state index is 12.2. The van der Waals surface area contributed by atoms with Crippen molar-refractivity contribution in [3.05, 3.63) is 30.3 Å². The summed E-state index contributed by atoms with van der Waals surface area (Å²) in [5.74, 6) is -0.263. The van der Waals surface area contributed by atoms with Crippen molar-refractivity contribution in [3.8, 4) is 0 Å². The van der Waals surface area contributed by atoms with E-state index in [-0.39, 0.29) is 18.4 Å². The molecule has 1 fully saturated rings. The Hall–Kier alpha value is -1.88. The first-order chi connectivity index (χ1) is 9.38. The van der Waals surface area contributed by atoms with Crippen LogP contribution in [0.15, 0.2) is 30.3 Å². The van der Waals surface area contributed by atoms with Gasteiger partial charge >= 0.3 is 0 Å². The molecule has 2 rings (SSSR count). The van der Waals surface area contributed by atoms with Crippen LogP contribution < -0.4 is 10.2 Å². The van der Waals surface area contributed by atoms with Gasteiger partial charge in [-0.2, -0.15) is 0 Å². The van der Waals surface area contributed by atoms with Crippen molar-refractivity contribution in [1.29, 1.82) is 0 Å². The molecule has 0 aromatic heterocycles. The third-order valence-electron chi connectivity index (χ3n) is 3.24. The highest BCUT2D eigenvalue weighted by Crippen LogP contribution is 2.26. The number of amides is 2. The second kappa shape index (κ2) is 5.63. The molecule has 1 heterocycles. The van der Waals surface area contributed by atoms with Gasteiger partial charge in [-0.05, 0) is 32.4 Å². The Balaban J connectivity index is 2.11. The number of anilines is 1. The zero-order chi connectivity index (χ0) is 14.8. The maximum atomic E-state index is 12.2. The Kier molecular flexibility index (Phi) is 4.09. The number of para-hydroxylation sites is 1. The fourth-order valence-corrected chi connectivity index (χ4v) is 2.27. The van der Waals surface area contributed by atoms with Gasteiger partial charge in [-0.15, -0.1) is 0 Å². The van der Waals surface area contributed by atoms with Gasteiger partial charge in [0, 0.05) is 18.7 Å². The third kappa shape index (κ3) is 3.36. The number of carbonyl (C=O) groups excluding carboxylic acids is 2. The van der Waals surface area contributed by atoms with Crippen LogP contribution in [0.4, 0.5) is 5.69 Å². The van der Waals surface area contributed by atoms with Gasteiger partial charge in [-0.25, -0.2) is 0 Å². The minimum atomic E-state index is -0.962. The minimum Gasteiger partial charge on any atom is -0.389 e. The molecule has 1 aliphatic rings. The standard InChI is InChI=1S/C15H20N2O3/c1-15(2,20)10-16-14(19)12-8-9-13(18)17(12)11-6-4-3-5-7-11/h3-7,12,20H,8-10H2,1-2H3,(H,16,19). The average molecular weight is 276 g/mol. The first-order valence-corrected chi connectivity index (χ1v) is 6.76. The smallest absolute Gasteiger partial charge is 0.243 e. The molecule has 1 aromatic rings. The van der Waals surface area contributed by atoms with Crippen molar-refractivity contribution in [2.45, 2.75) is 38.3 Å².